The van der Waals surface area contributed by atoms with Gasteiger partial charge in [-0.05, 0) is 25.7 Å². The van der Waals surface area contributed by atoms with Gasteiger partial charge in [0, 0.05) is 24.6 Å². The van der Waals surface area contributed by atoms with Crippen molar-refractivity contribution in [2.75, 3.05) is 13.2 Å². The van der Waals surface area contributed by atoms with Crippen molar-refractivity contribution in [3.63, 3.8) is 0 Å². The molecule has 0 radical (unpaired) electrons. The summed E-state index contributed by atoms with van der Waals surface area (Å²) in [6.07, 6.45) is 1.67. The number of carbonyl (C=O) groups is 2. The van der Waals surface area contributed by atoms with Gasteiger partial charge in [-0.15, -0.1) is 0 Å². The number of nitrogens with one attached hydrogen (secondary N) is 1. The lowest BCUT2D eigenvalue weighted by Gasteiger charge is -2.51. The van der Waals surface area contributed by atoms with E-state index in [9.17, 15) is 14.7 Å². The second kappa shape index (κ2) is 5.83. The minimum atomic E-state index is -0.921. The molecule has 1 heterocycles. The number of urea groups is 1. The topological polar surface area (TPSA) is 78.9 Å². The monoisotopic (exact) mass is 298 g/mol. The second-order valence-corrected chi connectivity index (χ2v) is 6.75. The molecule has 21 heavy (non-hydrogen) atoms. The summed E-state index contributed by atoms with van der Waals surface area (Å²) in [5.74, 6) is -0.922. The van der Waals surface area contributed by atoms with E-state index in [0.29, 0.717) is 13.2 Å². The molecule has 1 aliphatic carbocycles. The molecular formula is C15H26N2O4. The summed E-state index contributed by atoms with van der Waals surface area (Å²) in [4.78, 5) is 25.1. The van der Waals surface area contributed by atoms with Crippen LogP contribution in [0.4, 0.5) is 4.79 Å². The number of nitrogens with zero attached hydrogens (tertiary/aromatic N) is 1. The first-order valence-electron chi connectivity index (χ1n) is 7.70. The van der Waals surface area contributed by atoms with E-state index in [-0.39, 0.29) is 29.5 Å². The normalized spacial score (nSPS) is 34.4. The summed E-state index contributed by atoms with van der Waals surface area (Å²) in [5, 5.41) is 12.3. The van der Waals surface area contributed by atoms with Crippen molar-refractivity contribution in [3.05, 3.63) is 0 Å². The van der Waals surface area contributed by atoms with E-state index >= 15 is 0 Å². The van der Waals surface area contributed by atoms with Gasteiger partial charge in [0.2, 0.25) is 0 Å². The smallest absolute Gasteiger partial charge is 0.326 e. The molecule has 1 aliphatic heterocycles. The van der Waals surface area contributed by atoms with Gasteiger partial charge < -0.3 is 20.1 Å². The molecule has 0 aromatic rings. The number of carbonyl (C=O) groups excluding carboxylic acids is 1. The van der Waals surface area contributed by atoms with Crippen LogP contribution in [0.15, 0.2) is 0 Å². The lowest BCUT2D eigenvalue weighted by atomic mass is 9.64. The third-order valence-corrected chi connectivity index (χ3v) is 5.06. The van der Waals surface area contributed by atoms with Crippen LogP contribution in [0.1, 0.15) is 40.5 Å². The van der Waals surface area contributed by atoms with Crippen LogP contribution in [0.25, 0.3) is 0 Å². The molecule has 120 valence electrons. The van der Waals surface area contributed by atoms with E-state index in [4.69, 9.17) is 4.74 Å². The Hall–Kier alpha value is -1.30. The van der Waals surface area contributed by atoms with Gasteiger partial charge in [0.25, 0.3) is 0 Å². The minimum absolute atomic E-state index is 0.00109. The number of carboxylic acids is 1. The summed E-state index contributed by atoms with van der Waals surface area (Å²) in [6, 6.07) is -0.942. The molecule has 2 N–H and O–H groups in total. The Labute approximate surface area is 125 Å². The molecule has 1 saturated heterocycles. The average molecular weight is 298 g/mol. The molecule has 0 bridgehead atoms. The molecule has 2 aliphatic rings. The molecular weight excluding hydrogens is 272 g/mol. The molecule has 0 spiro atoms. The van der Waals surface area contributed by atoms with Gasteiger partial charge in [-0.1, -0.05) is 20.8 Å². The van der Waals surface area contributed by atoms with Crippen LogP contribution in [-0.4, -0.2) is 53.3 Å². The fraction of sp³-hybridized carbons (Fsp3) is 0.867. The largest absolute Gasteiger partial charge is 0.480 e. The van der Waals surface area contributed by atoms with Gasteiger partial charge in [-0.3, -0.25) is 0 Å². The van der Waals surface area contributed by atoms with E-state index in [1.54, 1.807) is 0 Å². The first-order chi connectivity index (χ1) is 9.78. The number of rotatable bonds is 4. The molecule has 4 unspecified atom stereocenters. The Balaban J connectivity index is 1.95. The van der Waals surface area contributed by atoms with E-state index in [1.807, 2.05) is 13.8 Å². The highest BCUT2D eigenvalue weighted by atomic mass is 16.5. The van der Waals surface area contributed by atoms with E-state index in [2.05, 4.69) is 19.2 Å². The highest BCUT2D eigenvalue weighted by Gasteiger charge is 2.50. The fourth-order valence-electron chi connectivity index (χ4n) is 3.40. The molecule has 2 fully saturated rings. The van der Waals surface area contributed by atoms with Crippen LogP contribution in [0.3, 0.4) is 0 Å². The van der Waals surface area contributed by atoms with Gasteiger partial charge in [-0.2, -0.15) is 0 Å². The first kappa shape index (κ1) is 16.1. The van der Waals surface area contributed by atoms with Crippen molar-refractivity contribution in [3.8, 4) is 0 Å². The third-order valence-electron chi connectivity index (χ3n) is 5.06. The number of carboxylic acid groups (broad SMARTS) is 1. The van der Waals surface area contributed by atoms with E-state index in [0.717, 1.165) is 12.8 Å². The number of hydrogen-bond acceptors (Lipinski definition) is 3. The maximum absolute atomic E-state index is 12.4. The van der Waals surface area contributed by atoms with Gasteiger partial charge in [0.15, 0.2) is 0 Å². The van der Waals surface area contributed by atoms with Crippen LogP contribution in [-0.2, 0) is 9.53 Å². The zero-order valence-electron chi connectivity index (χ0n) is 13.3. The van der Waals surface area contributed by atoms with Crippen molar-refractivity contribution >= 4 is 12.0 Å². The number of ether oxygens (including phenoxy) is 1. The predicted molar refractivity (Wildman–Crippen MR) is 78.0 cm³/mol. The van der Waals surface area contributed by atoms with Gasteiger partial charge in [-0.25, -0.2) is 9.59 Å². The van der Waals surface area contributed by atoms with Crippen LogP contribution in [0, 0.1) is 11.3 Å². The molecule has 4 atom stereocenters. The fourth-order valence-corrected chi connectivity index (χ4v) is 3.40. The van der Waals surface area contributed by atoms with Gasteiger partial charge in [0.1, 0.15) is 6.04 Å². The molecule has 0 aromatic carbocycles. The standard InChI is InChI=1S/C15H26N2O4/c1-5-21-11-8-10(15(11,3)4)16-14(20)17-7-6-9(2)12(17)13(18)19/h9-12H,5-8H2,1-4H3,(H,16,20)(H,18,19). The van der Waals surface area contributed by atoms with Crippen LogP contribution >= 0.6 is 0 Å². The van der Waals surface area contributed by atoms with E-state index < -0.39 is 12.0 Å². The zero-order valence-corrected chi connectivity index (χ0v) is 13.3. The third kappa shape index (κ3) is 2.86. The lowest BCUT2D eigenvalue weighted by Crippen LogP contribution is -2.64. The van der Waals surface area contributed by atoms with Crippen LogP contribution in [0.5, 0.6) is 0 Å². The van der Waals surface area contributed by atoms with Gasteiger partial charge >= 0.3 is 12.0 Å². The van der Waals surface area contributed by atoms with Crippen LogP contribution in [0.2, 0.25) is 0 Å². The Bertz CT molecular complexity index is 424. The summed E-state index contributed by atoms with van der Waals surface area (Å²) >= 11 is 0. The maximum atomic E-state index is 12.4. The predicted octanol–water partition coefficient (Wildman–Crippen LogP) is 1.69. The highest BCUT2D eigenvalue weighted by Crippen LogP contribution is 2.43. The molecule has 1 saturated carbocycles. The van der Waals surface area contributed by atoms with Crippen molar-refractivity contribution in [1.29, 1.82) is 0 Å². The molecule has 0 aromatic heterocycles. The molecule has 6 heteroatoms. The van der Waals surface area contributed by atoms with Crippen molar-refractivity contribution in [2.24, 2.45) is 11.3 Å². The first-order valence-corrected chi connectivity index (χ1v) is 7.70. The Morgan fingerprint density at radius 1 is 1.43 bits per heavy atom. The SMILES string of the molecule is CCOC1CC(NC(=O)N2CCC(C)C2C(=O)O)C1(C)C. The Kier molecular flexibility index (Phi) is 4.46. The minimum Gasteiger partial charge on any atom is -0.480 e. The summed E-state index contributed by atoms with van der Waals surface area (Å²) in [7, 11) is 0. The number of amides is 2. The average Bonchev–Trinajstić information content (AvgIpc) is 2.79. The van der Waals surface area contributed by atoms with Crippen molar-refractivity contribution in [2.45, 2.75) is 58.7 Å². The van der Waals surface area contributed by atoms with Gasteiger partial charge in [0.05, 0.1) is 6.10 Å². The molecule has 2 amide bonds. The highest BCUT2D eigenvalue weighted by molar-refractivity contribution is 5.83. The Morgan fingerprint density at radius 2 is 2.10 bits per heavy atom. The Morgan fingerprint density at radius 3 is 2.62 bits per heavy atom. The quantitative estimate of drug-likeness (QED) is 0.828. The lowest BCUT2D eigenvalue weighted by molar-refractivity contribution is -0.142. The summed E-state index contributed by atoms with van der Waals surface area (Å²) in [5.41, 5.74) is -0.115. The zero-order chi connectivity index (χ0) is 15.8. The van der Waals surface area contributed by atoms with Crippen molar-refractivity contribution in [1.82, 2.24) is 10.2 Å². The van der Waals surface area contributed by atoms with E-state index in [1.165, 1.54) is 4.90 Å². The number of likely N-dealkylation sites (tertiary alicyclic amines) is 1. The molecule has 2 rings (SSSR count). The molecule has 6 nitrogen and oxygen atoms in total. The second-order valence-electron chi connectivity index (χ2n) is 6.75. The summed E-state index contributed by atoms with van der Waals surface area (Å²) in [6.45, 7) is 9.16. The van der Waals surface area contributed by atoms with Crippen LogP contribution < -0.4 is 5.32 Å². The number of aliphatic carboxylic acids is 1. The van der Waals surface area contributed by atoms with Crippen molar-refractivity contribution < 1.29 is 19.4 Å². The summed E-state index contributed by atoms with van der Waals surface area (Å²) < 4.78 is 5.65. The maximum Gasteiger partial charge on any atom is 0.326 e. The number of hydrogen-bond donors (Lipinski definition) is 2.